The van der Waals surface area contributed by atoms with E-state index in [1.165, 1.54) is 13.2 Å². The van der Waals surface area contributed by atoms with Crippen molar-refractivity contribution in [2.75, 3.05) is 12.4 Å². The average Bonchev–Trinajstić information content (AvgIpc) is 2.40. The molecule has 0 saturated heterocycles. The van der Waals surface area contributed by atoms with Crippen LogP contribution in [0.4, 0.5) is 10.1 Å². The lowest BCUT2D eigenvalue weighted by molar-refractivity contribution is 0.386. The van der Waals surface area contributed by atoms with Crippen LogP contribution in [0.25, 0.3) is 0 Å². The van der Waals surface area contributed by atoms with Crippen LogP contribution in [0.15, 0.2) is 36.4 Å². The smallest absolute Gasteiger partial charge is 0.165 e. The number of halogens is 2. The van der Waals surface area contributed by atoms with Gasteiger partial charge in [0.1, 0.15) is 0 Å². The summed E-state index contributed by atoms with van der Waals surface area (Å²) < 4.78 is 18.4. The molecule has 2 aromatic rings. The van der Waals surface area contributed by atoms with E-state index in [2.05, 4.69) is 5.32 Å². The first-order valence-electron chi connectivity index (χ1n) is 5.93. The molecule has 0 spiro atoms. The number of nitrogens with one attached hydrogen (secondary N) is 1. The third-order valence-electron chi connectivity index (χ3n) is 2.97. The van der Waals surface area contributed by atoms with Gasteiger partial charge in [-0.1, -0.05) is 23.7 Å². The molecule has 2 rings (SSSR count). The van der Waals surface area contributed by atoms with Crippen molar-refractivity contribution >= 4 is 17.3 Å². The summed E-state index contributed by atoms with van der Waals surface area (Å²) in [6, 6.07) is 10.6. The van der Waals surface area contributed by atoms with Crippen molar-refractivity contribution in [3.63, 3.8) is 0 Å². The number of ether oxygens (including phenoxy) is 1. The molecule has 0 aromatic heterocycles. The van der Waals surface area contributed by atoms with E-state index < -0.39 is 0 Å². The lowest BCUT2D eigenvalue weighted by Crippen LogP contribution is -2.02. The largest absolute Gasteiger partial charge is 0.494 e. The molecular formula is C15H15ClFNO. The van der Waals surface area contributed by atoms with Crippen LogP contribution in [-0.2, 0) is 6.54 Å². The first kappa shape index (κ1) is 13.7. The van der Waals surface area contributed by atoms with Gasteiger partial charge >= 0.3 is 0 Å². The summed E-state index contributed by atoms with van der Waals surface area (Å²) in [5.74, 6) is -0.104. The van der Waals surface area contributed by atoms with Crippen molar-refractivity contribution < 1.29 is 9.13 Å². The lowest BCUT2D eigenvalue weighted by Gasteiger charge is -2.11. The topological polar surface area (TPSA) is 21.3 Å². The fraction of sp³-hybridized carbons (Fsp3) is 0.200. The summed E-state index contributed by atoms with van der Waals surface area (Å²) in [6.07, 6.45) is 0. The summed E-state index contributed by atoms with van der Waals surface area (Å²) in [6.45, 7) is 2.47. The normalized spacial score (nSPS) is 10.3. The van der Waals surface area contributed by atoms with Gasteiger partial charge in [0.15, 0.2) is 11.6 Å². The molecular weight excluding hydrogens is 265 g/mol. The maximum Gasteiger partial charge on any atom is 0.165 e. The van der Waals surface area contributed by atoms with Crippen LogP contribution in [-0.4, -0.2) is 7.11 Å². The molecule has 0 unspecified atom stereocenters. The second-order valence-electron chi connectivity index (χ2n) is 4.23. The molecule has 1 N–H and O–H groups in total. The van der Waals surface area contributed by atoms with E-state index in [1.807, 2.05) is 31.2 Å². The van der Waals surface area contributed by atoms with Gasteiger partial charge in [-0.15, -0.1) is 0 Å². The molecule has 0 atom stereocenters. The number of hydrogen-bond acceptors (Lipinski definition) is 2. The van der Waals surface area contributed by atoms with Crippen molar-refractivity contribution in [2.24, 2.45) is 0 Å². The van der Waals surface area contributed by atoms with E-state index in [0.717, 1.165) is 16.8 Å². The SMILES string of the molecule is COc1ccc(CNc2cccc(Cl)c2C)cc1F. The highest BCUT2D eigenvalue weighted by Gasteiger charge is 2.05. The summed E-state index contributed by atoms with van der Waals surface area (Å²) in [5.41, 5.74) is 2.78. The van der Waals surface area contributed by atoms with Crippen molar-refractivity contribution in [3.8, 4) is 5.75 Å². The van der Waals surface area contributed by atoms with E-state index >= 15 is 0 Å². The standard InChI is InChI=1S/C15H15ClFNO/c1-10-12(16)4-3-5-14(10)18-9-11-6-7-15(19-2)13(17)8-11/h3-8,18H,9H2,1-2H3. The van der Waals surface area contributed by atoms with Gasteiger partial charge in [-0.25, -0.2) is 4.39 Å². The Balaban J connectivity index is 2.10. The van der Waals surface area contributed by atoms with Gasteiger partial charge in [-0.05, 0) is 42.3 Å². The number of benzene rings is 2. The van der Waals surface area contributed by atoms with Gasteiger partial charge in [0.05, 0.1) is 7.11 Å². The Labute approximate surface area is 117 Å². The van der Waals surface area contributed by atoms with Crippen molar-refractivity contribution in [1.29, 1.82) is 0 Å². The molecule has 4 heteroatoms. The van der Waals surface area contributed by atoms with Crippen LogP contribution < -0.4 is 10.1 Å². The van der Waals surface area contributed by atoms with Gasteiger partial charge in [-0.2, -0.15) is 0 Å². The Morgan fingerprint density at radius 1 is 1.26 bits per heavy atom. The Hall–Kier alpha value is -1.74. The highest BCUT2D eigenvalue weighted by Crippen LogP contribution is 2.24. The molecule has 2 aromatic carbocycles. The highest BCUT2D eigenvalue weighted by atomic mass is 35.5. The van der Waals surface area contributed by atoms with Gasteiger partial charge in [0.25, 0.3) is 0 Å². The van der Waals surface area contributed by atoms with Crippen LogP contribution >= 0.6 is 11.6 Å². The van der Waals surface area contributed by atoms with Crippen molar-refractivity contribution in [2.45, 2.75) is 13.5 Å². The maximum atomic E-state index is 13.5. The fourth-order valence-electron chi connectivity index (χ4n) is 1.82. The summed E-state index contributed by atoms with van der Waals surface area (Å²) in [5, 5.41) is 3.96. The Morgan fingerprint density at radius 3 is 2.74 bits per heavy atom. The summed E-state index contributed by atoms with van der Waals surface area (Å²) >= 11 is 6.04. The molecule has 0 amide bonds. The van der Waals surface area contributed by atoms with Gasteiger partial charge in [-0.3, -0.25) is 0 Å². The number of anilines is 1. The molecule has 0 aliphatic rings. The minimum absolute atomic E-state index is 0.252. The van der Waals surface area contributed by atoms with Crippen LogP contribution in [0.2, 0.25) is 5.02 Å². The predicted octanol–water partition coefficient (Wildman–Crippen LogP) is 4.41. The number of methoxy groups -OCH3 is 1. The van der Waals surface area contributed by atoms with Gasteiger partial charge in [0.2, 0.25) is 0 Å². The maximum absolute atomic E-state index is 13.5. The number of hydrogen-bond donors (Lipinski definition) is 1. The monoisotopic (exact) mass is 279 g/mol. The molecule has 19 heavy (non-hydrogen) atoms. The van der Waals surface area contributed by atoms with Crippen LogP contribution in [0.3, 0.4) is 0 Å². The van der Waals surface area contributed by atoms with E-state index in [0.29, 0.717) is 11.6 Å². The zero-order valence-electron chi connectivity index (χ0n) is 10.8. The molecule has 0 bridgehead atoms. The van der Waals surface area contributed by atoms with Crippen LogP contribution in [0, 0.1) is 12.7 Å². The van der Waals surface area contributed by atoms with Crippen molar-refractivity contribution in [1.82, 2.24) is 0 Å². The third kappa shape index (κ3) is 3.18. The molecule has 0 fully saturated rings. The summed E-state index contributed by atoms with van der Waals surface area (Å²) in [7, 11) is 1.45. The van der Waals surface area contributed by atoms with Crippen molar-refractivity contribution in [3.05, 3.63) is 58.4 Å². The average molecular weight is 280 g/mol. The molecule has 0 radical (unpaired) electrons. The third-order valence-corrected chi connectivity index (χ3v) is 3.38. The molecule has 2 nitrogen and oxygen atoms in total. The van der Waals surface area contributed by atoms with E-state index in [9.17, 15) is 4.39 Å². The Morgan fingerprint density at radius 2 is 2.05 bits per heavy atom. The van der Waals surface area contributed by atoms with Crippen LogP contribution in [0.1, 0.15) is 11.1 Å². The Bertz CT molecular complexity index is 586. The fourth-order valence-corrected chi connectivity index (χ4v) is 1.99. The second-order valence-corrected chi connectivity index (χ2v) is 4.64. The zero-order chi connectivity index (χ0) is 13.8. The molecule has 0 heterocycles. The highest BCUT2D eigenvalue weighted by molar-refractivity contribution is 6.31. The van der Waals surface area contributed by atoms with E-state index in [4.69, 9.17) is 16.3 Å². The molecule has 100 valence electrons. The second kappa shape index (κ2) is 5.93. The quantitative estimate of drug-likeness (QED) is 0.895. The predicted molar refractivity (Wildman–Crippen MR) is 76.5 cm³/mol. The zero-order valence-corrected chi connectivity index (χ0v) is 11.6. The van der Waals surface area contributed by atoms with Gasteiger partial charge < -0.3 is 10.1 Å². The molecule has 0 saturated carbocycles. The van der Waals surface area contributed by atoms with Crippen LogP contribution in [0.5, 0.6) is 5.75 Å². The minimum atomic E-state index is -0.357. The molecule has 0 aliphatic carbocycles. The molecule has 0 aliphatic heterocycles. The minimum Gasteiger partial charge on any atom is -0.494 e. The van der Waals surface area contributed by atoms with Gasteiger partial charge in [0, 0.05) is 17.3 Å². The first-order valence-corrected chi connectivity index (χ1v) is 6.31. The lowest BCUT2D eigenvalue weighted by atomic mass is 10.1. The Kier molecular flexibility index (Phi) is 4.27. The van der Waals surface area contributed by atoms with E-state index in [-0.39, 0.29) is 11.6 Å². The first-order chi connectivity index (χ1) is 9.11. The summed E-state index contributed by atoms with van der Waals surface area (Å²) in [4.78, 5) is 0. The number of rotatable bonds is 4. The van der Waals surface area contributed by atoms with E-state index in [1.54, 1.807) is 6.07 Å².